The third kappa shape index (κ3) is 5.81. The van der Waals surface area contributed by atoms with E-state index in [1.165, 1.54) is 0 Å². The molecule has 0 spiro atoms. The van der Waals surface area contributed by atoms with Crippen LogP contribution in [0.25, 0.3) is 0 Å². The number of rotatable bonds is 8. The first-order valence-corrected chi connectivity index (χ1v) is 10.1. The van der Waals surface area contributed by atoms with Crippen molar-refractivity contribution in [1.29, 1.82) is 0 Å². The van der Waals surface area contributed by atoms with E-state index < -0.39 is 11.7 Å². The van der Waals surface area contributed by atoms with Crippen molar-refractivity contribution in [3.8, 4) is 11.5 Å². The zero-order valence-corrected chi connectivity index (χ0v) is 18.3. The maximum Gasteiger partial charge on any atom is 0.421 e. The van der Waals surface area contributed by atoms with Crippen molar-refractivity contribution in [3.63, 3.8) is 0 Å². The van der Waals surface area contributed by atoms with Crippen LogP contribution < -0.4 is 19.7 Å². The number of nitrogens with one attached hydrogen (secondary N) is 1. The molecule has 2 aromatic carbocycles. The number of benzene rings is 2. The molecule has 1 heterocycles. The number of alkyl halides is 3. The van der Waals surface area contributed by atoms with Crippen molar-refractivity contribution >= 4 is 23.1 Å². The normalized spacial score (nSPS) is 11.4. The molecule has 0 amide bonds. The second-order valence-corrected chi connectivity index (χ2v) is 7.23. The van der Waals surface area contributed by atoms with Gasteiger partial charge in [-0.2, -0.15) is 18.2 Å². The van der Waals surface area contributed by atoms with Gasteiger partial charge < -0.3 is 19.7 Å². The number of halogens is 3. The summed E-state index contributed by atoms with van der Waals surface area (Å²) in [6, 6.07) is 13.8. The van der Waals surface area contributed by atoms with E-state index in [0.717, 1.165) is 6.20 Å². The molecular formula is C23H25F3N4O2. The lowest BCUT2D eigenvalue weighted by molar-refractivity contribution is -0.137. The summed E-state index contributed by atoms with van der Waals surface area (Å²) in [5.74, 6) is 1.10. The third-order valence-corrected chi connectivity index (χ3v) is 4.41. The number of hydrogen-bond acceptors (Lipinski definition) is 6. The highest BCUT2D eigenvalue weighted by Gasteiger charge is 2.35. The van der Waals surface area contributed by atoms with E-state index in [0.29, 0.717) is 29.5 Å². The predicted molar refractivity (Wildman–Crippen MR) is 118 cm³/mol. The molecule has 0 atom stereocenters. The van der Waals surface area contributed by atoms with E-state index in [2.05, 4.69) is 15.3 Å². The fraction of sp³-hybridized carbons (Fsp3) is 0.304. The molecule has 3 aromatic rings. The predicted octanol–water partition coefficient (Wildman–Crippen LogP) is 6.19. The van der Waals surface area contributed by atoms with Crippen molar-refractivity contribution < 1.29 is 22.6 Å². The van der Waals surface area contributed by atoms with Crippen LogP contribution in [-0.2, 0) is 6.18 Å². The molecule has 0 saturated heterocycles. The molecule has 0 aliphatic heterocycles. The number of anilines is 4. The van der Waals surface area contributed by atoms with E-state index >= 15 is 0 Å². The van der Waals surface area contributed by atoms with Crippen LogP contribution in [-0.4, -0.2) is 29.7 Å². The lowest BCUT2D eigenvalue weighted by Gasteiger charge is -2.20. The lowest BCUT2D eigenvalue weighted by Crippen LogP contribution is -2.17. The molecule has 0 unspecified atom stereocenters. The van der Waals surface area contributed by atoms with Crippen LogP contribution in [0.2, 0.25) is 0 Å². The molecule has 6 nitrogen and oxygen atoms in total. The minimum absolute atomic E-state index is 0.00629. The third-order valence-electron chi connectivity index (χ3n) is 4.41. The summed E-state index contributed by atoms with van der Waals surface area (Å²) < 4.78 is 51.7. The molecule has 0 bridgehead atoms. The zero-order chi connectivity index (χ0) is 23.3. The number of nitrogens with zero attached hydrogens (tertiary/aromatic N) is 3. The topological polar surface area (TPSA) is 59.5 Å². The van der Waals surface area contributed by atoms with Crippen molar-refractivity contribution in [2.45, 2.75) is 33.1 Å². The van der Waals surface area contributed by atoms with E-state index in [4.69, 9.17) is 9.47 Å². The van der Waals surface area contributed by atoms with Crippen LogP contribution in [0.1, 0.15) is 26.3 Å². The molecule has 0 aliphatic carbocycles. The highest BCUT2D eigenvalue weighted by molar-refractivity contribution is 5.64. The van der Waals surface area contributed by atoms with Crippen LogP contribution in [0, 0.1) is 0 Å². The van der Waals surface area contributed by atoms with E-state index in [9.17, 15) is 13.2 Å². The Labute approximate surface area is 185 Å². The quantitative estimate of drug-likeness (QED) is 0.445. The molecule has 0 fully saturated rings. The molecule has 0 radical (unpaired) electrons. The van der Waals surface area contributed by atoms with Gasteiger partial charge in [0, 0.05) is 24.6 Å². The van der Waals surface area contributed by atoms with Gasteiger partial charge in [0.25, 0.3) is 0 Å². The van der Waals surface area contributed by atoms with Gasteiger partial charge in [0.2, 0.25) is 5.95 Å². The Hall–Kier alpha value is -3.49. The molecule has 9 heteroatoms. The Balaban J connectivity index is 1.89. The first-order valence-electron chi connectivity index (χ1n) is 10.1. The summed E-state index contributed by atoms with van der Waals surface area (Å²) in [5, 5.41) is 2.76. The summed E-state index contributed by atoms with van der Waals surface area (Å²) >= 11 is 0. The summed E-state index contributed by atoms with van der Waals surface area (Å²) in [6.07, 6.45) is -3.83. The minimum Gasteiger partial charge on any atom is -0.494 e. The summed E-state index contributed by atoms with van der Waals surface area (Å²) in [6.45, 7) is 6.21. The first kappa shape index (κ1) is 23.2. The summed E-state index contributed by atoms with van der Waals surface area (Å²) in [5.41, 5.74) is 0.193. The molecule has 3 rings (SSSR count). The number of hydrogen-bond donors (Lipinski definition) is 1. The van der Waals surface area contributed by atoms with Crippen molar-refractivity contribution in [3.05, 3.63) is 60.3 Å². The Kier molecular flexibility index (Phi) is 7.07. The Morgan fingerprint density at radius 3 is 2.19 bits per heavy atom. The monoisotopic (exact) mass is 446 g/mol. The number of aromatic nitrogens is 2. The maximum atomic E-state index is 13.6. The van der Waals surface area contributed by atoms with Crippen LogP contribution in [0.15, 0.2) is 54.7 Å². The standard InChI is InChI=1S/C23H25F3N4O2/c1-5-31-18-12-8-17(9-13-18)30(4)22-27-14-20(23(24,25)26)21(29-22)28-16-6-10-19(11-7-16)32-15(2)3/h6-15H,5H2,1-4H3,(H,27,28,29). The van der Waals surface area contributed by atoms with Crippen molar-refractivity contribution in [2.24, 2.45) is 0 Å². The molecule has 0 aliphatic rings. The van der Waals surface area contributed by atoms with Crippen molar-refractivity contribution in [2.75, 3.05) is 23.9 Å². The Morgan fingerprint density at radius 1 is 1.00 bits per heavy atom. The van der Waals surface area contributed by atoms with Gasteiger partial charge in [-0.15, -0.1) is 0 Å². The SMILES string of the molecule is CCOc1ccc(N(C)c2ncc(C(F)(F)F)c(Nc3ccc(OC(C)C)cc3)n2)cc1. The zero-order valence-electron chi connectivity index (χ0n) is 18.3. The highest BCUT2D eigenvalue weighted by atomic mass is 19.4. The van der Waals surface area contributed by atoms with Crippen LogP contribution >= 0.6 is 0 Å². The lowest BCUT2D eigenvalue weighted by atomic mass is 10.2. The molecule has 32 heavy (non-hydrogen) atoms. The van der Waals surface area contributed by atoms with E-state index in [1.54, 1.807) is 60.5 Å². The van der Waals surface area contributed by atoms with Crippen LogP contribution in [0.4, 0.5) is 36.3 Å². The maximum absolute atomic E-state index is 13.6. The molecule has 170 valence electrons. The summed E-state index contributed by atoms with van der Waals surface area (Å²) in [7, 11) is 1.68. The molecule has 1 aromatic heterocycles. The second kappa shape index (κ2) is 9.76. The smallest absolute Gasteiger partial charge is 0.421 e. The fourth-order valence-corrected chi connectivity index (χ4v) is 2.91. The van der Waals surface area contributed by atoms with Crippen LogP contribution in [0.3, 0.4) is 0 Å². The second-order valence-electron chi connectivity index (χ2n) is 7.23. The first-order chi connectivity index (χ1) is 15.2. The van der Waals surface area contributed by atoms with E-state index in [1.807, 2.05) is 20.8 Å². The fourth-order valence-electron chi connectivity index (χ4n) is 2.91. The van der Waals surface area contributed by atoms with Gasteiger partial charge >= 0.3 is 6.18 Å². The highest BCUT2D eigenvalue weighted by Crippen LogP contribution is 2.36. The van der Waals surface area contributed by atoms with Crippen molar-refractivity contribution in [1.82, 2.24) is 9.97 Å². The Bertz CT molecular complexity index is 1020. The number of ether oxygens (including phenoxy) is 2. The van der Waals surface area contributed by atoms with Gasteiger partial charge in [-0.25, -0.2) is 4.98 Å². The van der Waals surface area contributed by atoms with Gasteiger partial charge in [0.1, 0.15) is 22.9 Å². The average molecular weight is 446 g/mol. The van der Waals surface area contributed by atoms with Gasteiger partial charge in [0.15, 0.2) is 0 Å². The molecule has 1 N–H and O–H groups in total. The molecule has 0 saturated carbocycles. The van der Waals surface area contributed by atoms with Gasteiger partial charge in [-0.05, 0) is 69.3 Å². The van der Waals surface area contributed by atoms with Gasteiger partial charge in [0.05, 0.1) is 12.7 Å². The molecular weight excluding hydrogens is 421 g/mol. The van der Waals surface area contributed by atoms with Gasteiger partial charge in [-0.3, -0.25) is 0 Å². The Morgan fingerprint density at radius 2 is 1.62 bits per heavy atom. The van der Waals surface area contributed by atoms with Gasteiger partial charge in [-0.1, -0.05) is 0 Å². The average Bonchev–Trinajstić information content (AvgIpc) is 2.74. The van der Waals surface area contributed by atoms with E-state index in [-0.39, 0.29) is 17.9 Å². The summed E-state index contributed by atoms with van der Waals surface area (Å²) in [4.78, 5) is 9.69. The van der Waals surface area contributed by atoms with Crippen LogP contribution in [0.5, 0.6) is 11.5 Å². The largest absolute Gasteiger partial charge is 0.494 e. The minimum atomic E-state index is -4.61.